The van der Waals surface area contributed by atoms with Crippen molar-refractivity contribution >= 4 is 0 Å². The van der Waals surface area contributed by atoms with Crippen LogP contribution >= 0.6 is 0 Å². The van der Waals surface area contributed by atoms with Crippen LogP contribution in [0.2, 0.25) is 0 Å². The van der Waals surface area contributed by atoms with E-state index in [-0.39, 0.29) is 0 Å². The smallest absolute Gasteiger partial charge is 0.230 e. The van der Waals surface area contributed by atoms with E-state index >= 15 is 0 Å². The van der Waals surface area contributed by atoms with Crippen LogP contribution < -0.4 is 0 Å². The Morgan fingerprint density at radius 2 is 2.28 bits per heavy atom. The maximum absolute atomic E-state index is 5.40. The van der Waals surface area contributed by atoms with Crippen molar-refractivity contribution in [3.8, 4) is 0 Å². The van der Waals surface area contributed by atoms with E-state index in [1.165, 1.54) is 32.4 Å². The highest BCUT2D eigenvalue weighted by Gasteiger charge is 2.37. The van der Waals surface area contributed by atoms with Gasteiger partial charge in [0.1, 0.15) is 0 Å². The number of likely N-dealkylation sites (N-methyl/N-ethyl adjacent to an activating group) is 1. The van der Waals surface area contributed by atoms with E-state index in [4.69, 9.17) is 4.42 Å². The fourth-order valence-electron chi connectivity index (χ4n) is 3.31. The summed E-state index contributed by atoms with van der Waals surface area (Å²) in [6.07, 6.45) is 4.31. The molecule has 1 aliphatic carbocycles. The molecule has 0 aromatic carbocycles. The zero-order valence-corrected chi connectivity index (χ0v) is 11.3. The van der Waals surface area contributed by atoms with Crippen molar-refractivity contribution in [3.63, 3.8) is 0 Å². The SMILES string of the molecule is Cc1nnc(CN(C)CCN2C[C@H]3CC[C@@H]2C3)o1. The van der Waals surface area contributed by atoms with Gasteiger partial charge < -0.3 is 4.42 Å². The van der Waals surface area contributed by atoms with Crippen molar-refractivity contribution in [2.45, 2.75) is 38.8 Å². The van der Waals surface area contributed by atoms with Crippen LogP contribution in [0.3, 0.4) is 0 Å². The highest BCUT2D eigenvalue weighted by Crippen LogP contribution is 2.36. The Morgan fingerprint density at radius 1 is 1.39 bits per heavy atom. The average Bonchev–Trinajstić information content (AvgIpc) is 3.03. The lowest BCUT2D eigenvalue weighted by Gasteiger charge is -2.28. The van der Waals surface area contributed by atoms with Crippen LogP contribution in [-0.2, 0) is 6.54 Å². The van der Waals surface area contributed by atoms with Crippen LogP contribution in [0.4, 0.5) is 0 Å². The maximum Gasteiger partial charge on any atom is 0.230 e. The van der Waals surface area contributed by atoms with Gasteiger partial charge in [-0.1, -0.05) is 0 Å². The van der Waals surface area contributed by atoms with Crippen molar-refractivity contribution < 1.29 is 4.42 Å². The van der Waals surface area contributed by atoms with Gasteiger partial charge in [0.25, 0.3) is 0 Å². The third kappa shape index (κ3) is 2.57. The number of hydrogen-bond acceptors (Lipinski definition) is 5. The molecular weight excluding hydrogens is 228 g/mol. The van der Waals surface area contributed by atoms with Crippen LogP contribution in [0.25, 0.3) is 0 Å². The zero-order valence-electron chi connectivity index (χ0n) is 11.3. The number of aryl methyl sites for hydroxylation is 1. The first kappa shape index (κ1) is 12.1. The molecule has 1 aromatic heterocycles. The lowest BCUT2D eigenvalue weighted by Crippen LogP contribution is -2.38. The Labute approximate surface area is 108 Å². The number of likely N-dealkylation sites (tertiary alicyclic amines) is 1. The molecule has 0 amide bonds. The monoisotopic (exact) mass is 250 g/mol. The molecule has 2 atom stereocenters. The van der Waals surface area contributed by atoms with Crippen LogP contribution in [0.1, 0.15) is 31.0 Å². The highest BCUT2D eigenvalue weighted by molar-refractivity contribution is 4.92. The van der Waals surface area contributed by atoms with E-state index in [0.717, 1.165) is 30.9 Å². The van der Waals surface area contributed by atoms with E-state index in [9.17, 15) is 0 Å². The molecule has 5 nitrogen and oxygen atoms in total. The maximum atomic E-state index is 5.40. The molecule has 1 aromatic rings. The summed E-state index contributed by atoms with van der Waals surface area (Å²) in [5.74, 6) is 2.35. The largest absolute Gasteiger partial charge is 0.424 e. The first-order chi connectivity index (χ1) is 8.70. The summed E-state index contributed by atoms with van der Waals surface area (Å²) in [7, 11) is 2.12. The van der Waals surface area contributed by atoms with Crippen LogP contribution in [-0.4, -0.2) is 52.7 Å². The van der Waals surface area contributed by atoms with Gasteiger partial charge in [-0.3, -0.25) is 9.80 Å². The Bertz CT molecular complexity index is 405. The van der Waals surface area contributed by atoms with Gasteiger partial charge in [-0.2, -0.15) is 0 Å². The Kier molecular flexibility index (Phi) is 3.35. The first-order valence-corrected chi connectivity index (χ1v) is 6.92. The lowest BCUT2D eigenvalue weighted by atomic mass is 10.1. The Hall–Kier alpha value is -0.940. The van der Waals surface area contributed by atoms with E-state index in [2.05, 4.69) is 27.0 Å². The predicted molar refractivity (Wildman–Crippen MR) is 68.1 cm³/mol. The van der Waals surface area contributed by atoms with Crippen LogP contribution in [0, 0.1) is 12.8 Å². The third-order valence-electron chi connectivity index (χ3n) is 4.26. The van der Waals surface area contributed by atoms with Crippen LogP contribution in [0.15, 0.2) is 4.42 Å². The summed E-state index contributed by atoms with van der Waals surface area (Å²) in [5, 5.41) is 7.89. The highest BCUT2D eigenvalue weighted by atomic mass is 16.4. The summed E-state index contributed by atoms with van der Waals surface area (Å²) >= 11 is 0. The van der Waals surface area contributed by atoms with E-state index in [0.29, 0.717) is 5.89 Å². The van der Waals surface area contributed by atoms with Gasteiger partial charge in [-0.25, -0.2) is 0 Å². The van der Waals surface area contributed by atoms with Crippen LogP contribution in [0.5, 0.6) is 0 Å². The fourth-order valence-corrected chi connectivity index (χ4v) is 3.31. The predicted octanol–water partition coefficient (Wildman–Crippen LogP) is 1.29. The zero-order chi connectivity index (χ0) is 12.5. The molecule has 5 heteroatoms. The van der Waals surface area contributed by atoms with Gasteiger partial charge in [-0.15, -0.1) is 10.2 Å². The van der Waals surface area contributed by atoms with Gasteiger partial charge >= 0.3 is 0 Å². The lowest BCUT2D eigenvalue weighted by molar-refractivity contribution is 0.177. The van der Waals surface area contributed by atoms with Crippen molar-refractivity contribution in [1.29, 1.82) is 0 Å². The summed E-state index contributed by atoms with van der Waals surface area (Å²) in [6, 6.07) is 0.869. The molecule has 18 heavy (non-hydrogen) atoms. The van der Waals surface area contributed by atoms with E-state index < -0.39 is 0 Å². The van der Waals surface area contributed by atoms with Gasteiger partial charge in [-0.05, 0) is 32.2 Å². The molecule has 1 saturated carbocycles. The van der Waals surface area contributed by atoms with E-state index in [1.54, 1.807) is 0 Å². The Morgan fingerprint density at radius 3 is 2.89 bits per heavy atom. The second-order valence-corrected chi connectivity index (χ2v) is 5.78. The van der Waals surface area contributed by atoms with Gasteiger partial charge in [0, 0.05) is 32.6 Å². The molecule has 0 N–H and O–H groups in total. The molecule has 100 valence electrons. The molecule has 2 heterocycles. The summed E-state index contributed by atoms with van der Waals surface area (Å²) < 4.78 is 5.40. The minimum Gasteiger partial charge on any atom is -0.424 e. The number of hydrogen-bond donors (Lipinski definition) is 0. The molecule has 2 bridgehead atoms. The molecule has 0 radical (unpaired) electrons. The Balaban J connectivity index is 1.43. The second-order valence-electron chi connectivity index (χ2n) is 5.78. The minimum absolute atomic E-state index is 0.648. The number of piperidine rings is 1. The van der Waals surface area contributed by atoms with Gasteiger partial charge in [0.2, 0.25) is 11.8 Å². The van der Waals surface area contributed by atoms with Crippen molar-refractivity contribution in [2.24, 2.45) is 5.92 Å². The van der Waals surface area contributed by atoms with Crippen molar-refractivity contribution in [2.75, 3.05) is 26.7 Å². The topological polar surface area (TPSA) is 45.4 Å². The molecule has 1 saturated heterocycles. The second kappa shape index (κ2) is 4.97. The fraction of sp³-hybridized carbons (Fsp3) is 0.846. The quantitative estimate of drug-likeness (QED) is 0.788. The number of nitrogens with zero attached hydrogens (tertiary/aromatic N) is 4. The van der Waals surface area contributed by atoms with Gasteiger partial charge in [0.15, 0.2) is 0 Å². The van der Waals surface area contributed by atoms with Gasteiger partial charge in [0.05, 0.1) is 6.54 Å². The average molecular weight is 250 g/mol. The summed E-state index contributed by atoms with van der Waals surface area (Å²) in [6.45, 7) is 6.15. The number of fused-ring (bicyclic) bond motifs is 2. The normalized spacial score (nSPS) is 27.5. The first-order valence-electron chi connectivity index (χ1n) is 6.92. The molecule has 0 spiro atoms. The minimum atomic E-state index is 0.648. The van der Waals surface area contributed by atoms with E-state index in [1.807, 2.05) is 6.92 Å². The molecule has 2 fully saturated rings. The molecule has 1 aliphatic heterocycles. The standard InChI is InChI=1S/C13H22N4O/c1-10-14-15-13(18-10)9-16(2)5-6-17-8-11-3-4-12(17)7-11/h11-12H,3-9H2,1-2H3/t11-,12+/m0/s1. The molecule has 2 aliphatic rings. The molecular formula is C13H22N4O. The van der Waals surface area contributed by atoms with Crippen molar-refractivity contribution in [1.82, 2.24) is 20.0 Å². The molecule has 3 rings (SSSR count). The number of rotatable bonds is 5. The number of aromatic nitrogens is 2. The summed E-state index contributed by atoms with van der Waals surface area (Å²) in [4.78, 5) is 4.92. The van der Waals surface area contributed by atoms with Crippen molar-refractivity contribution in [3.05, 3.63) is 11.8 Å². The molecule has 0 unspecified atom stereocenters. The third-order valence-corrected chi connectivity index (χ3v) is 4.26. The summed E-state index contributed by atoms with van der Waals surface area (Å²) in [5.41, 5.74) is 0.